The SMILES string of the molecule is COC(=O)[C@H]1CC2(C[C@@H]1N=[N+]=[N-])OCCO2. The molecule has 0 unspecified atom stereocenters. The van der Waals surface area contributed by atoms with Crippen molar-refractivity contribution >= 4 is 5.97 Å². The third kappa shape index (κ3) is 1.84. The summed E-state index contributed by atoms with van der Waals surface area (Å²) < 4.78 is 15.7. The Labute approximate surface area is 92.3 Å². The topological polar surface area (TPSA) is 93.5 Å². The third-order valence-electron chi connectivity index (χ3n) is 3.03. The summed E-state index contributed by atoms with van der Waals surface area (Å²) in [7, 11) is 1.32. The van der Waals surface area contributed by atoms with Crippen LogP contribution in [0.4, 0.5) is 0 Å². The predicted octanol–water partition coefficient (Wildman–Crippen LogP) is 0.991. The number of carbonyl (C=O) groups is 1. The first-order valence-electron chi connectivity index (χ1n) is 5.11. The van der Waals surface area contributed by atoms with E-state index in [2.05, 4.69) is 14.8 Å². The number of hydrogen-bond acceptors (Lipinski definition) is 5. The number of hydrogen-bond donors (Lipinski definition) is 0. The fourth-order valence-electron chi connectivity index (χ4n) is 2.33. The molecule has 0 aromatic heterocycles. The Morgan fingerprint density at radius 1 is 1.50 bits per heavy atom. The molecule has 0 amide bonds. The highest BCUT2D eigenvalue weighted by atomic mass is 16.7. The van der Waals surface area contributed by atoms with Crippen LogP contribution in [0.5, 0.6) is 0 Å². The molecule has 1 saturated heterocycles. The molecule has 7 nitrogen and oxygen atoms in total. The van der Waals surface area contributed by atoms with Crippen LogP contribution in [0.2, 0.25) is 0 Å². The summed E-state index contributed by atoms with van der Waals surface area (Å²) in [5.74, 6) is -1.61. The fourth-order valence-corrected chi connectivity index (χ4v) is 2.33. The Balaban J connectivity index is 2.16. The number of nitrogens with zero attached hydrogens (tertiary/aromatic N) is 3. The molecule has 2 fully saturated rings. The van der Waals surface area contributed by atoms with Crippen molar-refractivity contribution in [2.75, 3.05) is 20.3 Å². The van der Waals surface area contributed by atoms with Crippen LogP contribution < -0.4 is 0 Å². The molecule has 2 rings (SSSR count). The zero-order chi connectivity index (χ0) is 11.6. The zero-order valence-electron chi connectivity index (χ0n) is 8.96. The van der Waals surface area contributed by atoms with E-state index in [0.29, 0.717) is 26.1 Å². The van der Waals surface area contributed by atoms with E-state index < -0.39 is 17.7 Å². The van der Waals surface area contributed by atoms with Crippen molar-refractivity contribution in [1.82, 2.24) is 0 Å². The van der Waals surface area contributed by atoms with Crippen LogP contribution in [-0.2, 0) is 19.0 Å². The second-order valence-corrected chi connectivity index (χ2v) is 3.92. The van der Waals surface area contributed by atoms with E-state index in [9.17, 15) is 4.79 Å². The van der Waals surface area contributed by atoms with Crippen LogP contribution in [0.1, 0.15) is 12.8 Å². The standard InChI is InChI=1S/C9H13N3O4/c1-14-8(13)6-4-9(15-2-3-16-9)5-7(6)11-12-10/h6-7H,2-5H2,1H3/t6-,7-/m0/s1. The molecule has 0 radical (unpaired) electrons. The lowest BCUT2D eigenvalue weighted by atomic mass is 10.1. The molecular formula is C9H13N3O4. The van der Waals surface area contributed by atoms with Gasteiger partial charge < -0.3 is 14.2 Å². The van der Waals surface area contributed by atoms with Crippen LogP contribution in [0, 0.1) is 5.92 Å². The van der Waals surface area contributed by atoms with Gasteiger partial charge in [0, 0.05) is 17.8 Å². The molecule has 2 atom stereocenters. The van der Waals surface area contributed by atoms with Gasteiger partial charge >= 0.3 is 5.97 Å². The second kappa shape index (κ2) is 4.29. The summed E-state index contributed by atoms with van der Waals surface area (Å²) in [5.41, 5.74) is 8.45. The monoisotopic (exact) mass is 227 g/mol. The van der Waals surface area contributed by atoms with Crippen molar-refractivity contribution in [2.24, 2.45) is 11.0 Å². The molecule has 0 aromatic rings. The minimum atomic E-state index is -0.752. The van der Waals surface area contributed by atoms with Crippen molar-refractivity contribution in [3.8, 4) is 0 Å². The summed E-state index contributed by atoms with van der Waals surface area (Å²) in [6.07, 6.45) is 0.806. The molecule has 16 heavy (non-hydrogen) atoms. The van der Waals surface area contributed by atoms with E-state index in [1.807, 2.05) is 0 Å². The van der Waals surface area contributed by atoms with Crippen molar-refractivity contribution < 1.29 is 19.0 Å². The maximum absolute atomic E-state index is 11.5. The van der Waals surface area contributed by atoms with Gasteiger partial charge in [0.05, 0.1) is 32.3 Å². The molecule has 1 heterocycles. The van der Waals surface area contributed by atoms with Crippen LogP contribution in [0.25, 0.3) is 10.4 Å². The van der Waals surface area contributed by atoms with Crippen molar-refractivity contribution in [3.63, 3.8) is 0 Å². The molecule has 1 saturated carbocycles. The fraction of sp³-hybridized carbons (Fsp3) is 0.889. The molecule has 1 aliphatic carbocycles. The molecule has 0 aromatic carbocycles. The molecule has 88 valence electrons. The van der Waals surface area contributed by atoms with Gasteiger partial charge in [-0.05, 0) is 5.53 Å². The largest absolute Gasteiger partial charge is 0.469 e. The Bertz CT molecular complexity index is 334. The summed E-state index contributed by atoms with van der Waals surface area (Å²) in [4.78, 5) is 14.3. The highest BCUT2D eigenvalue weighted by Crippen LogP contribution is 2.43. The molecule has 2 aliphatic rings. The first-order valence-corrected chi connectivity index (χ1v) is 5.11. The summed E-state index contributed by atoms with van der Waals surface area (Å²) in [5, 5.41) is 3.61. The minimum absolute atomic E-state index is 0.381. The van der Waals surface area contributed by atoms with Crippen LogP contribution in [0.3, 0.4) is 0 Å². The van der Waals surface area contributed by atoms with Crippen molar-refractivity contribution in [2.45, 2.75) is 24.7 Å². The average Bonchev–Trinajstić information content (AvgIpc) is 2.87. The van der Waals surface area contributed by atoms with Gasteiger partial charge in [-0.15, -0.1) is 0 Å². The van der Waals surface area contributed by atoms with Crippen molar-refractivity contribution in [3.05, 3.63) is 10.4 Å². The van der Waals surface area contributed by atoms with Gasteiger partial charge in [0.1, 0.15) is 0 Å². The highest BCUT2D eigenvalue weighted by Gasteiger charge is 2.52. The Hall–Kier alpha value is -1.30. The predicted molar refractivity (Wildman–Crippen MR) is 52.3 cm³/mol. The molecule has 1 spiro atoms. The van der Waals surface area contributed by atoms with Crippen LogP contribution in [0.15, 0.2) is 5.11 Å². The van der Waals surface area contributed by atoms with Crippen LogP contribution in [-0.4, -0.2) is 38.1 Å². The quantitative estimate of drug-likeness (QED) is 0.304. The zero-order valence-corrected chi connectivity index (χ0v) is 8.96. The lowest BCUT2D eigenvalue weighted by molar-refractivity contribution is -0.161. The van der Waals surface area contributed by atoms with E-state index in [0.717, 1.165) is 0 Å². The average molecular weight is 227 g/mol. The third-order valence-corrected chi connectivity index (χ3v) is 3.03. The first-order chi connectivity index (χ1) is 7.71. The second-order valence-electron chi connectivity index (χ2n) is 3.92. The van der Waals surface area contributed by atoms with E-state index in [-0.39, 0.29) is 5.97 Å². The first kappa shape index (κ1) is 11.2. The van der Waals surface area contributed by atoms with E-state index in [1.54, 1.807) is 0 Å². The van der Waals surface area contributed by atoms with Gasteiger partial charge in [-0.2, -0.15) is 0 Å². The number of ether oxygens (including phenoxy) is 3. The molecule has 0 bridgehead atoms. The smallest absolute Gasteiger partial charge is 0.309 e. The number of carbonyl (C=O) groups excluding carboxylic acids is 1. The molecule has 0 N–H and O–H groups in total. The number of methoxy groups -OCH3 is 1. The van der Waals surface area contributed by atoms with Crippen LogP contribution >= 0.6 is 0 Å². The maximum atomic E-state index is 11.5. The summed E-state index contributed by atoms with van der Waals surface area (Å²) in [6.45, 7) is 1.02. The Kier molecular flexibility index (Phi) is 3.00. The lowest BCUT2D eigenvalue weighted by Gasteiger charge is -2.20. The van der Waals surface area contributed by atoms with Gasteiger partial charge in [-0.1, -0.05) is 5.11 Å². The van der Waals surface area contributed by atoms with E-state index >= 15 is 0 Å². The molecule has 7 heteroatoms. The van der Waals surface area contributed by atoms with Gasteiger partial charge in [0.15, 0.2) is 5.79 Å². The Morgan fingerprint density at radius 2 is 2.19 bits per heavy atom. The normalized spacial score (nSPS) is 31.3. The summed E-state index contributed by atoms with van der Waals surface area (Å²) >= 11 is 0. The Morgan fingerprint density at radius 3 is 2.75 bits per heavy atom. The number of rotatable bonds is 2. The molecular weight excluding hydrogens is 214 g/mol. The maximum Gasteiger partial charge on any atom is 0.309 e. The van der Waals surface area contributed by atoms with E-state index in [4.69, 9.17) is 15.0 Å². The van der Waals surface area contributed by atoms with Gasteiger partial charge in [-0.3, -0.25) is 4.79 Å². The van der Waals surface area contributed by atoms with Gasteiger partial charge in [-0.25, -0.2) is 0 Å². The van der Waals surface area contributed by atoms with E-state index in [1.165, 1.54) is 7.11 Å². The highest BCUT2D eigenvalue weighted by molar-refractivity contribution is 5.73. The van der Waals surface area contributed by atoms with Crippen molar-refractivity contribution in [1.29, 1.82) is 0 Å². The van der Waals surface area contributed by atoms with Gasteiger partial charge in [0.25, 0.3) is 0 Å². The summed E-state index contributed by atoms with van der Waals surface area (Å²) in [6, 6.07) is -0.449. The van der Waals surface area contributed by atoms with Gasteiger partial charge in [0.2, 0.25) is 0 Å². The molecule has 1 aliphatic heterocycles. The minimum Gasteiger partial charge on any atom is -0.469 e. The number of azide groups is 1. The number of esters is 1. The lowest BCUT2D eigenvalue weighted by Crippen LogP contribution is -2.27.